The van der Waals surface area contributed by atoms with E-state index < -0.39 is 0 Å². The van der Waals surface area contributed by atoms with Gasteiger partial charge in [-0.1, -0.05) is 18.2 Å². The number of benzene rings is 2. The van der Waals surface area contributed by atoms with Crippen LogP contribution in [0.5, 0.6) is 5.75 Å². The minimum Gasteiger partial charge on any atom is -0.495 e. The summed E-state index contributed by atoms with van der Waals surface area (Å²) in [5.41, 5.74) is 2.40. The van der Waals surface area contributed by atoms with Crippen LogP contribution in [0.4, 0.5) is 5.69 Å². The molecule has 0 fully saturated rings. The number of methoxy groups -OCH3 is 1. The number of hydrogen-bond acceptors (Lipinski definition) is 3. The van der Waals surface area contributed by atoms with Crippen LogP contribution in [0.15, 0.2) is 42.5 Å². The molecule has 0 spiro atoms. The monoisotopic (exact) mass is 426 g/mol. The Balaban J connectivity index is 2.05. The summed E-state index contributed by atoms with van der Waals surface area (Å²) in [6.45, 7) is 2.00. The van der Waals surface area contributed by atoms with Crippen molar-refractivity contribution in [3.63, 3.8) is 0 Å². The van der Waals surface area contributed by atoms with E-state index in [4.69, 9.17) is 17.0 Å². The molecule has 0 aliphatic rings. The first kappa shape index (κ1) is 16.7. The third-order valence-corrected chi connectivity index (χ3v) is 4.38. The Morgan fingerprint density at radius 3 is 2.64 bits per heavy atom. The molecule has 1 amide bonds. The first-order valence-electron chi connectivity index (χ1n) is 6.52. The van der Waals surface area contributed by atoms with Gasteiger partial charge in [0.15, 0.2) is 5.11 Å². The summed E-state index contributed by atoms with van der Waals surface area (Å²) < 4.78 is 6.26. The standard InChI is InChI=1S/C16H15IN2O2S/c1-10-7-8-11(9-12(10)17)15(20)19-16(22)18-13-5-3-4-6-14(13)21-2/h3-9H,1-2H3,(H2,18,19,20,22). The van der Waals surface area contributed by atoms with Crippen molar-refractivity contribution < 1.29 is 9.53 Å². The lowest BCUT2D eigenvalue weighted by Gasteiger charge is -2.12. The predicted octanol–water partition coefficient (Wildman–Crippen LogP) is 3.74. The molecule has 0 saturated carbocycles. The number of carbonyl (C=O) groups is 1. The number of nitrogens with one attached hydrogen (secondary N) is 2. The first-order chi connectivity index (χ1) is 10.5. The van der Waals surface area contributed by atoms with Crippen molar-refractivity contribution in [2.24, 2.45) is 0 Å². The van der Waals surface area contributed by atoms with Crippen LogP contribution < -0.4 is 15.4 Å². The number of ether oxygens (including phenoxy) is 1. The van der Waals surface area contributed by atoms with Crippen LogP contribution in [0.25, 0.3) is 0 Å². The van der Waals surface area contributed by atoms with E-state index in [1.54, 1.807) is 13.2 Å². The average molecular weight is 426 g/mol. The SMILES string of the molecule is COc1ccccc1NC(=S)NC(=O)c1ccc(C)c(I)c1. The van der Waals surface area contributed by atoms with E-state index in [0.717, 1.165) is 9.13 Å². The van der Waals surface area contributed by atoms with E-state index in [0.29, 0.717) is 17.0 Å². The van der Waals surface area contributed by atoms with Gasteiger partial charge in [-0.25, -0.2) is 0 Å². The molecule has 0 aromatic heterocycles. The van der Waals surface area contributed by atoms with E-state index in [1.807, 2.05) is 43.3 Å². The fourth-order valence-electron chi connectivity index (χ4n) is 1.81. The lowest BCUT2D eigenvalue weighted by atomic mass is 10.1. The van der Waals surface area contributed by atoms with Gasteiger partial charge in [0, 0.05) is 9.13 Å². The number of para-hydroxylation sites is 2. The Bertz CT molecular complexity index is 719. The topological polar surface area (TPSA) is 50.4 Å². The van der Waals surface area contributed by atoms with Gasteiger partial charge in [0.1, 0.15) is 5.75 Å². The van der Waals surface area contributed by atoms with E-state index in [1.165, 1.54) is 0 Å². The van der Waals surface area contributed by atoms with Gasteiger partial charge in [-0.3, -0.25) is 10.1 Å². The number of hydrogen-bond donors (Lipinski definition) is 2. The molecular formula is C16H15IN2O2S. The molecule has 2 aromatic rings. The van der Waals surface area contributed by atoms with Crippen molar-refractivity contribution in [1.82, 2.24) is 5.32 Å². The molecule has 0 bridgehead atoms. The van der Waals surface area contributed by atoms with Gasteiger partial charge in [-0.2, -0.15) is 0 Å². The van der Waals surface area contributed by atoms with Crippen LogP contribution in [0, 0.1) is 10.5 Å². The molecule has 0 atom stereocenters. The van der Waals surface area contributed by atoms with Gasteiger partial charge >= 0.3 is 0 Å². The third-order valence-electron chi connectivity index (χ3n) is 3.02. The summed E-state index contributed by atoms with van der Waals surface area (Å²) in [7, 11) is 1.58. The molecule has 2 aromatic carbocycles. The number of anilines is 1. The number of thiocarbonyl (C=S) groups is 1. The second-order valence-electron chi connectivity index (χ2n) is 4.57. The zero-order chi connectivity index (χ0) is 16.1. The Morgan fingerprint density at radius 2 is 1.95 bits per heavy atom. The number of halogens is 1. The van der Waals surface area contributed by atoms with E-state index in [-0.39, 0.29) is 11.0 Å². The third kappa shape index (κ3) is 4.17. The number of carbonyl (C=O) groups excluding carboxylic acids is 1. The fraction of sp³-hybridized carbons (Fsp3) is 0.125. The summed E-state index contributed by atoms with van der Waals surface area (Å²) >= 11 is 7.38. The normalized spacial score (nSPS) is 9.95. The molecule has 0 saturated heterocycles. The molecule has 114 valence electrons. The summed E-state index contributed by atoms with van der Waals surface area (Å²) in [5.74, 6) is 0.411. The van der Waals surface area contributed by atoms with Crippen LogP contribution in [0.2, 0.25) is 0 Å². The Hall–Kier alpha value is -1.67. The predicted molar refractivity (Wildman–Crippen MR) is 101 cm³/mol. The van der Waals surface area contributed by atoms with Gasteiger partial charge in [0.25, 0.3) is 5.91 Å². The zero-order valence-electron chi connectivity index (χ0n) is 12.1. The van der Waals surface area contributed by atoms with Crippen molar-refractivity contribution in [3.8, 4) is 5.75 Å². The summed E-state index contributed by atoms with van der Waals surface area (Å²) in [4.78, 5) is 12.2. The molecule has 0 heterocycles. The van der Waals surface area contributed by atoms with Gasteiger partial charge in [0.2, 0.25) is 0 Å². The fourth-order valence-corrected chi connectivity index (χ4v) is 2.53. The minimum absolute atomic E-state index is 0.227. The number of aryl methyl sites for hydroxylation is 1. The van der Waals surface area contributed by atoms with Crippen molar-refractivity contribution in [1.29, 1.82) is 0 Å². The highest BCUT2D eigenvalue weighted by molar-refractivity contribution is 14.1. The Kier molecular flexibility index (Phi) is 5.73. The summed E-state index contributed by atoms with van der Waals surface area (Å²) in [6.07, 6.45) is 0. The molecule has 0 unspecified atom stereocenters. The van der Waals surface area contributed by atoms with Crippen molar-refractivity contribution in [2.45, 2.75) is 6.92 Å². The molecule has 22 heavy (non-hydrogen) atoms. The Morgan fingerprint density at radius 1 is 1.23 bits per heavy atom. The lowest BCUT2D eigenvalue weighted by Crippen LogP contribution is -2.34. The summed E-state index contributed by atoms with van der Waals surface area (Å²) in [6, 6.07) is 12.9. The quantitative estimate of drug-likeness (QED) is 0.580. The lowest BCUT2D eigenvalue weighted by molar-refractivity contribution is 0.0977. The largest absolute Gasteiger partial charge is 0.495 e. The van der Waals surface area contributed by atoms with Gasteiger partial charge < -0.3 is 10.1 Å². The maximum Gasteiger partial charge on any atom is 0.257 e. The van der Waals surface area contributed by atoms with Crippen LogP contribution in [0.1, 0.15) is 15.9 Å². The molecule has 4 nitrogen and oxygen atoms in total. The van der Waals surface area contributed by atoms with Crippen molar-refractivity contribution >= 4 is 51.5 Å². The van der Waals surface area contributed by atoms with Gasteiger partial charge in [-0.05, 0) is 71.6 Å². The number of amides is 1. The molecular weight excluding hydrogens is 411 g/mol. The molecule has 2 N–H and O–H groups in total. The van der Waals surface area contributed by atoms with Crippen LogP contribution in [0.3, 0.4) is 0 Å². The molecule has 0 aliphatic heterocycles. The maximum atomic E-state index is 12.2. The second kappa shape index (κ2) is 7.55. The highest BCUT2D eigenvalue weighted by atomic mass is 127. The highest BCUT2D eigenvalue weighted by Crippen LogP contribution is 2.22. The first-order valence-corrected chi connectivity index (χ1v) is 8.01. The van der Waals surface area contributed by atoms with Crippen LogP contribution >= 0.6 is 34.8 Å². The zero-order valence-corrected chi connectivity index (χ0v) is 15.1. The smallest absolute Gasteiger partial charge is 0.257 e. The van der Waals surface area contributed by atoms with E-state index in [2.05, 4.69) is 33.2 Å². The van der Waals surface area contributed by atoms with E-state index in [9.17, 15) is 4.79 Å². The Labute approximate surface area is 148 Å². The van der Waals surface area contributed by atoms with Crippen molar-refractivity contribution in [3.05, 3.63) is 57.2 Å². The highest BCUT2D eigenvalue weighted by Gasteiger charge is 2.10. The van der Waals surface area contributed by atoms with Crippen LogP contribution in [-0.4, -0.2) is 18.1 Å². The second-order valence-corrected chi connectivity index (χ2v) is 6.14. The molecule has 0 aliphatic carbocycles. The molecule has 2 rings (SSSR count). The van der Waals surface area contributed by atoms with Crippen molar-refractivity contribution in [2.75, 3.05) is 12.4 Å². The number of rotatable bonds is 3. The molecule has 0 radical (unpaired) electrons. The van der Waals surface area contributed by atoms with Gasteiger partial charge in [0.05, 0.1) is 12.8 Å². The van der Waals surface area contributed by atoms with E-state index >= 15 is 0 Å². The molecule has 6 heteroatoms. The average Bonchev–Trinajstić information content (AvgIpc) is 2.50. The minimum atomic E-state index is -0.245. The summed E-state index contributed by atoms with van der Waals surface area (Å²) in [5, 5.41) is 5.85. The van der Waals surface area contributed by atoms with Crippen LogP contribution in [-0.2, 0) is 0 Å². The maximum absolute atomic E-state index is 12.2. The van der Waals surface area contributed by atoms with Gasteiger partial charge in [-0.15, -0.1) is 0 Å².